The summed E-state index contributed by atoms with van der Waals surface area (Å²) in [6.45, 7) is 2.94. The molecule has 0 aromatic carbocycles. The van der Waals surface area contributed by atoms with E-state index in [1.165, 1.54) is 13.8 Å². The highest BCUT2D eigenvalue weighted by atomic mass is 32.1. The zero-order chi connectivity index (χ0) is 9.02. The molecule has 0 saturated heterocycles. The third kappa shape index (κ3) is 3.39. The van der Waals surface area contributed by atoms with Gasteiger partial charge in [0.05, 0.1) is 0 Å². The summed E-state index contributed by atoms with van der Waals surface area (Å²) in [6.07, 6.45) is -2.67. The number of aliphatic hydroxyl groups is 3. The molecule has 68 valence electrons. The number of aliphatic hydroxyl groups excluding tert-OH is 3. The zero-order valence-corrected chi connectivity index (χ0v) is 7.57. The van der Waals surface area contributed by atoms with Crippen LogP contribution in [0.25, 0.3) is 0 Å². The standard InChI is InChI=1S/C6H15NO3S/c1-4(8)7(5(2)9)6(10)3-11/h4-6,8-11H,3H2,1-2H3. The minimum Gasteiger partial charge on any atom is -0.379 e. The van der Waals surface area contributed by atoms with Gasteiger partial charge in [0.15, 0.2) is 0 Å². The number of rotatable bonds is 4. The Morgan fingerprint density at radius 1 is 1.18 bits per heavy atom. The molecule has 5 heteroatoms. The number of nitrogens with zero attached hydrogens (tertiary/aromatic N) is 1. The Labute approximate surface area is 71.9 Å². The van der Waals surface area contributed by atoms with Gasteiger partial charge in [-0.3, -0.25) is 0 Å². The van der Waals surface area contributed by atoms with Gasteiger partial charge in [0.1, 0.15) is 18.7 Å². The van der Waals surface area contributed by atoms with E-state index < -0.39 is 18.7 Å². The number of hydrogen-bond acceptors (Lipinski definition) is 5. The lowest BCUT2D eigenvalue weighted by atomic mass is 10.4. The molecule has 3 N–H and O–H groups in total. The van der Waals surface area contributed by atoms with Crippen LogP contribution < -0.4 is 0 Å². The van der Waals surface area contributed by atoms with E-state index in [-0.39, 0.29) is 5.75 Å². The van der Waals surface area contributed by atoms with E-state index in [9.17, 15) is 5.11 Å². The van der Waals surface area contributed by atoms with Crippen molar-refractivity contribution in [1.82, 2.24) is 4.90 Å². The highest BCUT2D eigenvalue weighted by Crippen LogP contribution is 2.06. The van der Waals surface area contributed by atoms with E-state index in [1.807, 2.05) is 0 Å². The Hall–Kier alpha value is 0.190. The van der Waals surface area contributed by atoms with Gasteiger partial charge >= 0.3 is 0 Å². The average Bonchev–Trinajstić information content (AvgIpc) is 1.85. The molecule has 0 aliphatic rings. The van der Waals surface area contributed by atoms with Crippen LogP contribution in [0.2, 0.25) is 0 Å². The van der Waals surface area contributed by atoms with Crippen molar-refractivity contribution in [3.8, 4) is 0 Å². The Morgan fingerprint density at radius 2 is 1.55 bits per heavy atom. The summed E-state index contributed by atoms with van der Waals surface area (Å²) in [5.41, 5.74) is 0. The highest BCUT2D eigenvalue weighted by Gasteiger charge is 2.22. The summed E-state index contributed by atoms with van der Waals surface area (Å²) in [5.74, 6) is 0.176. The van der Waals surface area contributed by atoms with Gasteiger partial charge in [0.25, 0.3) is 0 Å². The van der Waals surface area contributed by atoms with Gasteiger partial charge < -0.3 is 15.3 Å². The average molecular weight is 181 g/mol. The third-order valence-corrected chi connectivity index (χ3v) is 1.70. The van der Waals surface area contributed by atoms with Crippen molar-refractivity contribution in [3.05, 3.63) is 0 Å². The molecule has 11 heavy (non-hydrogen) atoms. The first kappa shape index (κ1) is 11.2. The third-order valence-electron chi connectivity index (χ3n) is 1.37. The van der Waals surface area contributed by atoms with Crippen LogP contribution >= 0.6 is 12.6 Å². The van der Waals surface area contributed by atoms with Crippen LogP contribution in [0.5, 0.6) is 0 Å². The molecule has 0 spiro atoms. The fourth-order valence-corrected chi connectivity index (χ4v) is 1.09. The van der Waals surface area contributed by atoms with Crippen LogP contribution in [0.3, 0.4) is 0 Å². The van der Waals surface area contributed by atoms with Crippen LogP contribution in [0.15, 0.2) is 0 Å². The largest absolute Gasteiger partial charge is 0.379 e. The Balaban J connectivity index is 4.09. The molecule has 0 fully saturated rings. The first-order valence-electron chi connectivity index (χ1n) is 3.43. The lowest BCUT2D eigenvalue weighted by molar-refractivity contribution is -0.157. The normalized spacial score (nSPS) is 19.9. The topological polar surface area (TPSA) is 63.9 Å². The van der Waals surface area contributed by atoms with E-state index >= 15 is 0 Å². The molecule has 0 radical (unpaired) electrons. The maximum Gasteiger partial charge on any atom is 0.120 e. The predicted octanol–water partition coefficient (Wildman–Crippen LogP) is -0.787. The van der Waals surface area contributed by atoms with Crippen molar-refractivity contribution in [1.29, 1.82) is 0 Å². The summed E-state index contributed by atoms with van der Waals surface area (Å²) in [7, 11) is 0. The molecule has 3 unspecified atom stereocenters. The van der Waals surface area contributed by atoms with Crippen molar-refractivity contribution >= 4 is 12.6 Å². The summed E-state index contributed by atoms with van der Waals surface area (Å²) in [5, 5.41) is 27.3. The minimum absolute atomic E-state index is 0.176. The molecule has 0 bridgehead atoms. The Bertz CT molecular complexity index is 102. The highest BCUT2D eigenvalue weighted by molar-refractivity contribution is 7.80. The quantitative estimate of drug-likeness (QED) is 0.339. The number of thiol groups is 1. The van der Waals surface area contributed by atoms with Gasteiger partial charge in [0, 0.05) is 5.75 Å². The van der Waals surface area contributed by atoms with Gasteiger partial charge in [-0.1, -0.05) is 0 Å². The molecule has 0 amide bonds. The van der Waals surface area contributed by atoms with Gasteiger partial charge in [-0.05, 0) is 13.8 Å². The summed E-state index contributed by atoms with van der Waals surface area (Å²) in [4.78, 5) is 1.15. The van der Waals surface area contributed by atoms with Crippen LogP contribution in [-0.4, -0.2) is 44.7 Å². The molecule has 3 atom stereocenters. The van der Waals surface area contributed by atoms with Crippen LogP contribution in [-0.2, 0) is 0 Å². The van der Waals surface area contributed by atoms with Crippen LogP contribution in [0, 0.1) is 0 Å². The van der Waals surface area contributed by atoms with Gasteiger partial charge in [-0.2, -0.15) is 12.6 Å². The van der Waals surface area contributed by atoms with Gasteiger partial charge in [0.2, 0.25) is 0 Å². The lowest BCUT2D eigenvalue weighted by Crippen LogP contribution is -2.48. The molecule has 0 saturated carbocycles. The van der Waals surface area contributed by atoms with Crippen molar-refractivity contribution in [2.24, 2.45) is 0 Å². The molecule has 4 nitrogen and oxygen atoms in total. The lowest BCUT2D eigenvalue weighted by Gasteiger charge is -2.31. The second-order valence-corrected chi connectivity index (χ2v) is 2.74. The summed E-state index contributed by atoms with van der Waals surface area (Å²) in [6, 6.07) is 0. The van der Waals surface area contributed by atoms with Gasteiger partial charge in [-0.15, -0.1) is 0 Å². The van der Waals surface area contributed by atoms with Crippen molar-refractivity contribution in [2.45, 2.75) is 32.5 Å². The number of hydrogen-bond donors (Lipinski definition) is 4. The fourth-order valence-electron chi connectivity index (χ4n) is 0.905. The second kappa shape index (κ2) is 4.95. The SMILES string of the molecule is CC(O)N(C(C)O)C(O)CS. The molecular weight excluding hydrogens is 166 g/mol. The van der Waals surface area contributed by atoms with E-state index in [1.54, 1.807) is 0 Å². The smallest absolute Gasteiger partial charge is 0.120 e. The molecule has 0 rings (SSSR count). The van der Waals surface area contributed by atoms with Gasteiger partial charge in [-0.25, -0.2) is 4.90 Å². The van der Waals surface area contributed by atoms with E-state index in [2.05, 4.69) is 12.6 Å². The van der Waals surface area contributed by atoms with Crippen LogP contribution in [0.1, 0.15) is 13.8 Å². The second-order valence-electron chi connectivity index (χ2n) is 2.37. The molecular formula is C6H15NO3S. The molecule has 0 aliphatic heterocycles. The Morgan fingerprint density at radius 3 is 1.64 bits per heavy atom. The maximum absolute atomic E-state index is 9.19. The van der Waals surface area contributed by atoms with E-state index in [4.69, 9.17) is 10.2 Å². The van der Waals surface area contributed by atoms with Crippen molar-refractivity contribution < 1.29 is 15.3 Å². The molecule has 0 aliphatic carbocycles. The summed E-state index contributed by atoms with van der Waals surface area (Å²) < 4.78 is 0. The van der Waals surface area contributed by atoms with E-state index in [0.29, 0.717) is 0 Å². The maximum atomic E-state index is 9.19. The minimum atomic E-state index is -0.918. The predicted molar refractivity (Wildman–Crippen MR) is 45.1 cm³/mol. The Kier molecular flexibility index (Phi) is 5.03. The molecule has 0 aromatic heterocycles. The van der Waals surface area contributed by atoms with Crippen molar-refractivity contribution in [3.63, 3.8) is 0 Å². The molecule has 0 heterocycles. The van der Waals surface area contributed by atoms with Crippen molar-refractivity contribution in [2.75, 3.05) is 5.75 Å². The fraction of sp³-hybridized carbons (Fsp3) is 1.00. The van der Waals surface area contributed by atoms with E-state index in [0.717, 1.165) is 4.90 Å². The summed E-state index contributed by atoms with van der Waals surface area (Å²) >= 11 is 3.83. The first-order chi connectivity index (χ1) is 5.00. The first-order valence-corrected chi connectivity index (χ1v) is 4.06. The van der Waals surface area contributed by atoms with Crippen LogP contribution in [0.4, 0.5) is 0 Å². The monoisotopic (exact) mass is 181 g/mol. The zero-order valence-electron chi connectivity index (χ0n) is 6.68. The molecule has 0 aromatic rings.